The summed E-state index contributed by atoms with van der Waals surface area (Å²) in [7, 11) is 1.61. The zero-order valence-corrected chi connectivity index (χ0v) is 33.0. The van der Waals surface area contributed by atoms with Gasteiger partial charge in [-0.05, 0) is 123 Å². The Morgan fingerprint density at radius 3 is 2.39 bits per heavy atom. The lowest BCUT2D eigenvalue weighted by Gasteiger charge is -2.46. The molecule has 2 amide bonds. The van der Waals surface area contributed by atoms with Crippen molar-refractivity contribution in [3.8, 4) is 16.9 Å². The van der Waals surface area contributed by atoms with Crippen molar-refractivity contribution >= 4 is 17.5 Å². The summed E-state index contributed by atoms with van der Waals surface area (Å²) in [6, 6.07) is 30.9. The number of anilines is 1. The van der Waals surface area contributed by atoms with Crippen molar-refractivity contribution in [2.45, 2.75) is 95.4 Å². The SMILES string of the molecule is COc1ccc(NC(=O)N(C[C@H]2CCCO2)C[C@]2(O)CC[C@H]3c4ccc(cc4C(=O)c4ccc(-c5ccccc5)cc4)C[C@@H](O)CCC(C)=CCC[C@@]32C)cc1. The number of carbonyl (C=O) groups excluding carboxylic acids is 2. The summed E-state index contributed by atoms with van der Waals surface area (Å²) >= 11 is 0. The van der Waals surface area contributed by atoms with Crippen LogP contribution >= 0.6 is 0 Å². The summed E-state index contributed by atoms with van der Waals surface area (Å²) < 4.78 is 11.3. The summed E-state index contributed by atoms with van der Waals surface area (Å²) in [5.74, 6) is 0.457. The first-order chi connectivity index (χ1) is 27.0. The second kappa shape index (κ2) is 17.2. The molecule has 5 atom stereocenters. The molecule has 3 aliphatic carbocycles. The van der Waals surface area contributed by atoms with Crippen molar-refractivity contribution < 1.29 is 29.3 Å². The lowest BCUT2D eigenvalue weighted by Crippen LogP contribution is -2.55. The van der Waals surface area contributed by atoms with Gasteiger partial charge in [0.05, 0.1) is 31.5 Å². The molecule has 3 N–H and O–H groups in total. The fraction of sp³-hybridized carbons (Fsp3) is 0.417. The van der Waals surface area contributed by atoms with Crippen LogP contribution in [0.2, 0.25) is 0 Å². The maximum absolute atomic E-state index is 14.7. The monoisotopic (exact) mass is 756 g/mol. The Kier molecular flexibility index (Phi) is 12.1. The Bertz CT molecular complexity index is 2010. The van der Waals surface area contributed by atoms with Crippen LogP contribution in [0.25, 0.3) is 11.1 Å². The number of amides is 2. The predicted molar refractivity (Wildman–Crippen MR) is 221 cm³/mol. The number of urea groups is 1. The van der Waals surface area contributed by atoms with Crippen molar-refractivity contribution in [3.05, 3.63) is 131 Å². The minimum atomic E-state index is -1.27. The topological polar surface area (TPSA) is 108 Å². The third kappa shape index (κ3) is 8.63. The molecule has 4 aromatic rings. The Morgan fingerprint density at radius 1 is 0.929 bits per heavy atom. The number of nitrogens with zero attached hydrogens (tertiary/aromatic N) is 1. The van der Waals surface area contributed by atoms with Gasteiger partial charge in [-0.15, -0.1) is 0 Å². The van der Waals surface area contributed by atoms with Crippen molar-refractivity contribution in [1.29, 1.82) is 0 Å². The third-order valence-electron chi connectivity index (χ3n) is 12.7. The fourth-order valence-corrected chi connectivity index (χ4v) is 9.24. The number of carbonyl (C=O) groups is 2. The molecule has 0 radical (unpaired) electrons. The van der Waals surface area contributed by atoms with E-state index in [0.717, 1.165) is 47.9 Å². The van der Waals surface area contributed by atoms with Crippen LogP contribution in [0.5, 0.6) is 5.75 Å². The van der Waals surface area contributed by atoms with Crippen LogP contribution in [0.3, 0.4) is 0 Å². The Hall–Kier alpha value is -4.76. The van der Waals surface area contributed by atoms with Gasteiger partial charge in [-0.1, -0.05) is 85.3 Å². The van der Waals surface area contributed by atoms with E-state index in [-0.39, 0.29) is 30.4 Å². The van der Waals surface area contributed by atoms with Crippen LogP contribution in [0.1, 0.15) is 98.2 Å². The van der Waals surface area contributed by atoms with E-state index < -0.39 is 17.1 Å². The molecule has 4 aromatic carbocycles. The summed E-state index contributed by atoms with van der Waals surface area (Å²) in [4.78, 5) is 30.6. The molecule has 8 heteroatoms. The minimum Gasteiger partial charge on any atom is -0.497 e. The fourth-order valence-electron chi connectivity index (χ4n) is 9.24. The van der Waals surface area contributed by atoms with E-state index in [1.54, 1.807) is 12.0 Å². The molecule has 294 valence electrons. The van der Waals surface area contributed by atoms with Gasteiger partial charge in [0.15, 0.2) is 5.78 Å². The van der Waals surface area contributed by atoms with Crippen LogP contribution < -0.4 is 10.1 Å². The Morgan fingerprint density at radius 2 is 1.68 bits per heavy atom. The van der Waals surface area contributed by atoms with E-state index >= 15 is 0 Å². The average molecular weight is 757 g/mol. The molecular formula is C48H56N2O6. The van der Waals surface area contributed by atoms with Gasteiger partial charge in [-0.2, -0.15) is 0 Å². The highest BCUT2D eigenvalue weighted by Crippen LogP contribution is 2.59. The van der Waals surface area contributed by atoms with Gasteiger partial charge in [0, 0.05) is 35.4 Å². The molecule has 1 heterocycles. The number of nitrogens with one attached hydrogen (secondary N) is 1. The van der Waals surface area contributed by atoms with Gasteiger partial charge < -0.3 is 29.9 Å². The molecule has 1 aliphatic heterocycles. The number of benzene rings is 4. The Labute approximate surface area is 331 Å². The van der Waals surface area contributed by atoms with Gasteiger partial charge in [0.2, 0.25) is 0 Å². The molecule has 8 rings (SSSR count). The van der Waals surface area contributed by atoms with Crippen LogP contribution in [-0.2, 0) is 11.2 Å². The molecule has 1 saturated heterocycles. The first-order valence-electron chi connectivity index (χ1n) is 20.3. The van der Waals surface area contributed by atoms with E-state index in [0.29, 0.717) is 67.8 Å². The highest BCUT2D eigenvalue weighted by Gasteiger charge is 2.58. The van der Waals surface area contributed by atoms with Crippen molar-refractivity contribution in [3.63, 3.8) is 0 Å². The number of methoxy groups -OCH3 is 1. The van der Waals surface area contributed by atoms with Gasteiger partial charge >= 0.3 is 6.03 Å². The van der Waals surface area contributed by atoms with Gasteiger partial charge in [-0.25, -0.2) is 4.79 Å². The molecule has 0 aromatic heterocycles. The normalized spacial score (nSPS) is 25.2. The van der Waals surface area contributed by atoms with Gasteiger partial charge in [0.1, 0.15) is 5.75 Å². The standard InChI is InChI=1S/C48H56N2O6/c1-33-9-7-26-47(2)44(25-27-48(47,54)32-50(31-41-12-8-28-56-41)46(53)49-38-19-22-40(55-3)23-20-38)42-24-14-34(29-39(51)21-13-33)30-43(42)45(52)37-17-15-36(16-18-37)35-10-5-4-6-11-35/h4-6,9-11,14-20,22-24,30,39,41,44,51,54H,7-8,12-13,21,25-29,31-32H2,1-3H3,(H,49,53)/t39-,41+,44-,47-,48+/m0/s1. The zero-order valence-electron chi connectivity index (χ0n) is 33.0. The van der Waals surface area contributed by atoms with Crippen LogP contribution in [-0.4, -0.2) is 71.5 Å². The molecule has 2 fully saturated rings. The molecule has 0 unspecified atom stereocenters. The van der Waals surface area contributed by atoms with Crippen LogP contribution in [0.15, 0.2) is 109 Å². The van der Waals surface area contributed by atoms with Crippen LogP contribution in [0.4, 0.5) is 10.5 Å². The maximum Gasteiger partial charge on any atom is 0.322 e. The molecule has 1 saturated carbocycles. The highest BCUT2D eigenvalue weighted by molar-refractivity contribution is 6.10. The number of fused-ring (bicyclic) bond motifs is 8. The van der Waals surface area contributed by atoms with Gasteiger partial charge in [-0.3, -0.25) is 4.79 Å². The zero-order chi connectivity index (χ0) is 39.3. The lowest BCUT2D eigenvalue weighted by atomic mass is 9.64. The minimum absolute atomic E-state index is 0.0737. The smallest absolute Gasteiger partial charge is 0.322 e. The second-order valence-corrected chi connectivity index (χ2v) is 16.4. The molecule has 2 bridgehead atoms. The largest absolute Gasteiger partial charge is 0.497 e. The molecule has 4 aliphatic rings. The number of aliphatic hydroxyl groups excluding tert-OH is 1. The predicted octanol–water partition coefficient (Wildman–Crippen LogP) is 9.34. The molecule has 0 spiro atoms. The second-order valence-electron chi connectivity index (χ2n) is 16.4. The maximum atomic E-state index is 14.7. The molecule has 8 nitrogen and oxygen atoms in total. The first kappa shape index (κ1) is 39.5. The summed E-state index contributed by atoms with van der Waals surface area (Å²) in [6.07, 6.45) is 7.74. The van der Waals surface area contributed by atoms with Gasteiger partial charge in [0.25, 0.3) is 0 Å². The van der Waals surface area contributed by atoms with E-state index in [2.05, 4.69) is 43.4 Å². The molecular weight excluding hydrogens is 701 g/mol. The Balaban J connectivity index is 1.25. The van der Waals surface area contributed by atoms with Crippen molar-refractivity contribution in [2.75, 3.05) is 32.1 Å². The number of aliphatic hydroxyl groups is 2. The number of ketones is 1. The number of ether oxygens (including phenoxy) is 2. The van der Waals surface area contributed by atoms with E-state index in [4.69, 9.17) is 9.47 Å². The van der Waals surface area contributed by atoms with E-state index in [1.807, 2.05) is 78.9 Å². The van der Waals surface area contributed by atoms with Crippen molar-refractivity contribution in [2.24, 2.45) is 5.41 Å². The summed E-state index contributed by atoms with van der Waals surface area (Å²) in [6.45, 7) is 5.42. The quantitative estimate of drug-likeness (QED) is 0.116. The first-order valence-corrected chi connectivity index (χ1v) is 20.3. The third-order valence-corrected chi connectivity index (χ3v) is 12.7. The number of hydrogen-bond donors (Lipinski definition) is 3. The highest BCUT2D eigenvalue weighted by atomic mass is 16.5. The average Bonchev–Trinajstić information content (AvgIpc) is 3.82. The van der Waals surface area contributed by atoms with Crippen LogP contribution in [0, 0.1) is 5.41 Å². The summed E-state index contributed by atoms with van der Waals surface area (Å²) in [5, 5.41) is 27.2. The number of rotatable bonds is 9. The van der Waals surface area contributed by atoms with E-state index in [1.165, 1.54) is 5.57 Å². The lowest BCUT2D eigenvalue weighted by molar-refractivity contribution is -0.0799. The molecule has 56 heavy (non-hydrogen) atoms. The number of allylic oxidation sites excluding steroid dienone is 2. The van der Waals surface area contributed by atoms with Crippen molar-refractivity contribution in [1.82, 2.24) is 4.90 Å². The van der Waals surface area contributed by atoms with E-state index in [9.17, 15) is 19.8 Å². The summed E-state index contributed by atoms with van der Waals surface area (Å²) in [5.41, 5.74) is 5.04. The number of hydrogen-bond acceptors (Lipinski definition) is 6.